The van der Waals surface area contributed by atoms with E-state index >= 15 is 0 Å². The molecule has 1 aromatic carbocycles. The molecule has 0 aliphatic rings. The SMILES string of the molecule is C=C(CC)OC(=C)c1ccccc1. The Labute approximate surface area is 79.4 Å². The summed E-state index contributed by atoms with van der Waals surface area (Å²) < 4.78 is 5.40. The fraction of sp³-hybridized carbons (Fsp3) is 0.167. The second-order valence-corrected chi connectivity index (χ2v) is 2.78. The van der Waals surface area contributed by atoms with Crippen LogP contribution >= 0.6 is 0 Å². The molecule has 0 radical (unpaired) electrons. The van der Waals surface area contributed by atoms with Crippen molar-refractivity contribution in [2.24, 2.45) is 0 Å². The molecular weight excluding hydrogens is 160 g/mol. The smallest absolute Gasteiger partial charge is 0.126 e. The van der Waals surface area contributed by atoms with Crippen LogP contribution in [0.4, 0.5) is 0 Å². The molecule has 0 saturated carbocycles. The maximum absolute atomic E-state index is 5.40. The van der Waals surface area contributed by atoms with Gasteiger partial charge in [0, 0.05) is 12.0 Å². The first-order chi connectivity index (χ1) is 6.24. The van der Waals surface area contributed by atoms with Gasteiger partial charge in [-0.3, -0.25) is 0 Å². The number of hydrogen-bond donors (Lipinski definition) is 0. The lowest BCUT2D eigenvalue weighted by Crippen LogP contribution is -1.89. The summed E-state index contributed by atoms with van der Waals surface area (Å²) in [7, 11) is 0. The quantitative estimate of drug-likeness (QED) is 0.634. The summed E-state index contributed by atoms with van der Waals surface area (Å²) in [6, 6.07) is 9.80. The molecule has 0 aliphatic heterocycles. The van der Waals surface area contributed by atoms with Crippen LogP contribution in [-0.2, 0) is 4.74 Å². The van der Waals surface area contributed by atoms with Crippen molar-refractivity contribution in [3.05, 3.63) is 54.8 Å². The van der Waals surface area contributed by atoms with E-state index in [4.69, 9.17) is 4.74 Å². The van der Waals surface area contributed by atoms with Gasteiger partial charge in [0.25, 0.3) is 0 Å². The molecule has 0 aromatic heterocycles. The van der Waals surface area contributed by atoms with Gasteiger partial charge in [0.15, 0.2) is 0 Å². The van der Waals surface area contributed by atoms with Crippen LogP contribution in [0.5, 0.6) is 0 Å². The molecule has 0 amide bonds. The van der Waals surface area contributed by atoms with E-state index in [1.807, 2.05) is 37.3 Å². The molecule has 0 aliphatic carbocycles. The van der Waals surface area contributed by atoms with Crippen molar-refractivity contribution < 1.29 is 4.74 Å². The molecule has 68 valence electrons. The zero-order valence-corrected chi connectivity index (χ0v) is 7.92. The Morgan fingerprint density at radius 2 is 1.85 bits per heavy atom. The van der Waals surface area contributed by atoms with Crippen LogP contribution in [0.25, 0.3) is 5.76 Å². The molecule has 0 bridgehead atoms. The van der Waals surface area contributed by atoms with Crippen LogP contribution in [0.2, 0.25) is 0 Å². The molecule has 1 nitrogen and oxygen atoms in total. The van der Waals surface area contributed by atoms with Gasteiger partial charge in [0.2, 0.25) is 0 Å². The number of rotatable bonds is 4. The lowest BCUT2D eigenvalue weighted by Gasteiger charge is -2.09. The molecular formula is C12H14O. The summed E-state index contributed by atoms with van der Waals surface area (Å²) in [6.07, 6.45) is 0.811. The topological polar surface area (TPSA) is 9.23 Å². The summed E-state index contributed by atoms with van der Waals surface area (Å²) in [5.41, 5.74) is 0.997. The van der Waals surface area contributed by atoms with Crippen molar-refractivity contribution in [1.29, 1.82) is 0 Å². The standard InChI is InChI=1S/C12H14O/c1-4-10(2)13-11(3)12-8-6-5-7-9-12/h5-9H,2-4H2,1H3. The third-order valence-corrected chi connectivity index (χ3v) is 1.76. The maximum atomic E-state index is 5.40. The highest BCUT2D eigenvalue weighted by atomic mass is 16.5. The van der Waals surface area contributed by atoms with Crippen molar-refractivity contribution in [2.75, 3.05) is 0 Å². The lowest BCUT2D eigenvalue weighted by atomic mass is 10.2. The Morgan fingerprint density at radius 3 is 2.38 bits per heavy atom. The van der Waals surface area contributed by atoms with Gasteiger partial charge >= 0.3 is 0 Å². The van der Waals surface area contributed by atoms with E-state index in [1.165, 1.54) is 0 Å². The Morgan fingerprint density at radius 1 is 1.23 bits per heavy atom. The van der Waals surface area contributed by atoms with Gasteiger partial charge in [-0.15, -0.1) is 0 Å². The molecule has 0 heterocycles. The van der Waals surface area contributed by atoms with E-state index in [0.717, 1.165) is 17.7 Å². The summed E-state index contributed by atoms with van der Waals surface area (Å²) in [5.74, 6) is 1.40. The summed E-state index contributed by atoms with van der Waals surface area (Å²) in [6.45, 7) is 9.59. The normalized spacial score (nSPS) is 9.31. The van der Waals surface area contributed by atoms with Crippen molar-refractivity contribution >= 4 is 5.76 Å². The molecule has 13 heavy (non-hydrogen) atoms. The van der Waals surface area contributed by atoms with Crippen molar-refractivity contribution in [2.45, 2.75) is 13.3 Å². The molecule has 0 spiro atoms. The molecule has 0 atom stereocenters. The third kappa shape index (κ3) is 2.79. The average molecular weight is 174 g/mol. The van der Waals surface area contributed by atoms with E-state index in [2.05, 4.69) is 13.2 Å². The highest BCUT2D eigenvalue weighted by Crippen LogP contribution is 2.17. The molecule has 1 aromatic rings. The van der Waals surface area contributed by atoms with Crippen LogP contribution < -0.4 is 0 Å². The predicted octanol–water partition coefficient (Wildman–Crippen LogP) is 3.60. The van der Waals surface area contributed by atoms with Gasteiger partial charge in [-0.2, -0.15) is 0 Å². The van der Waals surface area contributed by atoms with E-state index in [9.17, 15) is 0 Å². The van der Waals surface area contributed by atoms with Gasteiger partial charge in [-0.25, -0.2) is 0 Å². The molecule has 0 N–H and O–H groups in total. The molecule has 0 fully saturated rings. The van der Waals surface area contributed by atoms with Gasteiger partial charge in [0.05, 0.1) is 5.76 Å². The fourth-order valence-electron chi connectivity index (χ4n) is 0.929. The van der Waals surface area contributed by atoms with Gasteiger partial charge in [0.1, 0.15) is 5.76 Å². The van der Waals surface area contributed by atoms with E-state index < -0.39 is 0 Å². The third-order valence-electron chi connectivity index (χ3n) is 1.76. The van der Waals surface area contributed by atoms with Gasteiger partial charge in [-0.1, -0.05) is 50.4 Å². The summed E-state index contributed by atoms with van der Waals surface area (Å²) in [4.78, 5) is 0. The van der Waals surface area contributed by atoms with Crippen LogP contribution in [0, 0.1) is 0 Å². The minimum Gasteiger partial charge on any atom is -0.462 e. The second kappa shape index (κ2) is 4.51. The first kappa shape index (κ1) is 9.59. The monoisotopic (exact) mass is 174 g/mol. The lowest BCUT2D eigenvalue weighted by molar-refractivity contribution is 0.371. The average Bonchev–Trinajstić information content (AvgIpc) is 2.19. The van der Waals surface area contributed by atoms with E-state index in [-0.39, 0.29) is 0 Å². The maximum Gasteiger partial charge on any atom is 0.126 e. The van der Waals surface area contributed by atoms with Crippen molar-refractivity contribution in [1.82, 2.24) is 0 Å². The van der Waals surface area contributed by atoms with Gasteiger partial charge in [-0.05, 0) is 0 Å². The number of ether oxygens (including phenoxy) is 1. The molecule has 1 heteroatoms. The molecule has 1 rings (SSSR count). The van der Waals surface area contributed by atoms with Crippen molar-refractivity contribution in [3.8, 4) is 0 Å². The summed E-state index contributed by atoms with van der Waals surface area (Å²) >= 11 is 0. The minimum atomic E-state index is 0.660. The Hall–Kier alpha value is -1.50. The fourth-order valence-corrected chi connectivity index (χ4v) is 0.929. The zero-order chi connectivity index (χ0) is 9.68. The highest BCUT2D eigenvalue weighted by molar-refractivity contribution is 5.57. The predicted molar refractivity (Wildman–Crippen MR) is 56.0 cm³/mol. The largest absolute Gasteiger partial charge is 0.462 e. The first-order valence-corrected chi connectivity index (χ1v) is 4.34. The number of hydrogen-bond acceptors (Lipinski definition) is 1. The zero-order valence-electron chi connectivity index (χ0n) is 7.92. The number of benzene rings is 1. The Bertz CT molecular complexity index is 298. The summed E-state index contributed by atoms with van der Waals surface area (Å²) in [5, 5.41) is 0. The first-order valence-electron chi connectivity index (χ1n) is 4.34. The van der Waals surface area contributed by atoms with Crippen LogP contribution in [0.3, 0.4) is 0 Å². The van der Waals surface area contributed by atoms with E-state index in [1.54, 1.807) is 0 Å². The molecule has 0 unspecified atom stereocenters. The molecule has 0 saturated heterocycles. The number of allylic oxidation sites excluding steroid dienone is 1. The van der Waals surface area contributed by atoms with Crippen molar-refractivity contribution in [3.63, 3.8) is 0 Å². The Kier molecular flexibility index (Phi) is 3.32. The van der Waals surface area contributed by atoms with Crippen LogP contribution in [-0.4, -0.2) is 0 Å². The highest BCUT2D eigenvalue weighted by Gasteiger charge is 1.99. The van der Waals surface area contributed by atoms with Crippen LogP contribution in [0.1, 0.15) is 18.9 Å². The van der Waals surface area contributed by atoms with Crippen LogP contribution in [0.15, 0.2) is 49.2 Å². The Balaban J connectivity index is 2.65. The van der Waals surface area contributed by atoms with E-state index in [0.29, 0.717) is 5.76 Å². The second-order valence-electron chi connectivity index (χ2n) is 2.78. The van der Waals surface area contributed by atoms with Gasteiger partial charge < -0.3 is 4.74 Å². The minimum absolute atomic E-state index is 0.660.